The van der Waals surface area contributed by atoms with Crippen molar-refractivity contribution in [2.24, 2.45) is 23.7 Å². The highest BCUT2D eigenvalue weighted by atomic mass is 16.2. The molecule has 532 valence electrons. The number of piperazine rings is 4. The van der Waals surface area contributed by atoms with Crippen molar-refractivity contribution in [2.45, 2.75) is 191 Å². The van der Waals surface area contributed by atoms with E-state index in [2.05, 4.69) is 92.9 Å². The zero-order valence-electron chi connectivity index (χ0n) is 61.8. The molecule has 0 N–H and O–H groups in total. The first kappa shape index (κ1) is 83.6. The predicted octanol–water partition coefficient (Wildman–Crippen LogP) is 8.32. The van der Waals surface area contributed by atoms with Crippen LogP contribution >= 0.6 is 0 Å². The van der Waals surface area contributed by atoms with Gasteiger partial charge in [0.2, 0.25) is 35.4 Å². The number of likely N-dealkylation sites (tertiary alicyclic amines) is 3. The standard InChI is InChI=1S/C21H40N4O2.C19H36N4O2.C15H29N3O.C13H26N2O.2C2H6/c1-19(26)23(3)11-7-5-4-6-8-21(27)25-16-14-24(15-17-25)18-20-9-12-22(2)13-10-20;1-17(24)21(3)9-5-4-6-19(25)23-14-12-22(13-15-23)16-18-7-10-20(2)11-8-18;1-3-4-15(19)18-11-9-17(10-12-18)13-14-5-7-16(2)8-6-14;1-4-6-13(16)15-9-7-14(8-10-15)11-12(3)5-2;2*1-2/h20H,4-18H2,1-3H3;18H,4-16H2,1-3H3;14H,3-13H2,1-2H3;12H,4-11H2,1-3H3;2*1-2H3. The van der Waals surface area contributed by atoms with E-state index in [1.165, 1.54) is 110 Å². The van der Waals surface area contributed by atoms with Gasteiger partial charge in [0.1, 0.15) is 0 Å². The number of hydrogen-bond acceptors (Lipinski definition) is 13. The molecule has 0 aromatic rings. The van der Waals surface area contributed by atoms with Gasteiger partial charge in [0.05, 0.1) is 0 Å². The lowest BCUT2D eigenvalue weighted by molar-refractivity contribution is -0.134. The van der Waals surface area contributed by atoms with Crippen LogP contribution in [0.15, 0.2) is 0 Å². The van der Waals surface area contributed by atoms with Gasteiger partial charge >= 0.3 is 0 Å². The number of piperidine rings is 3. The largest absolute Gasteiger partial charge is 0.346 e. The SMILES string of the molecule is CC.CC.CC(=O)N(C)CCCCC(=O)N1CCN(CC2CCN(C)CC2)CC1.CC(=O)N(C)CCCCCCC(=O)N1CCN(CC2CCN(C)CC2)CC1.CCCC(=O)N1CCN(CC(C)CC)CC1.CCCC(=O)N1CCN(CC2CCN(C)CC2)CC1. The normalized spacial score (nSPS) is 20.2. The van der Waals surface area contributed by atoms with Crippen LogP contribution in [0, 0.1) is 23.7 Å². The average Bonchev–Trinajstić information content (AvgIpc) is 3.47. The summed E-state index contributed by atoms with van der Waals surface area (Å²) in [5, 5.41) is 0. The molecule has 0 radical (unpaired) electrons. The first-order valence-corrected chi connectivity index (χ1v) is 37.3. The molecular weight excluding hydrogens is 1140 g/mol. The minimum atomic E-state index is 0.0899. The van der Waals surface area contributed by atoms with Crippen LogP contribution in [0.1, 0.15) is 191 Å². The predicted molar refractivity (Wildman–Crippen MR) is 378 cm³/mol. The number of nitrogens with zero attached hydrogens (tertiary/aromatic N) is 13. The van der Waals surface area contributed by atoms with E-state index >= 15 is 0 Å². The molecule has 91 heavy (non-hydrogen) atoms. The molecule has 0 aromatic carbocycles. The van der Waals surface area contributed by atoms with Crippen LogP contribution in [0.25, 0.3) is 0 Å². The lowest BCUT2D eigenvalue weighted by Crippen LogP contribution is -2.50. The van der Waals surface area contributed by atoms with Crippen LogP contribution in [0.2, 0.25) is 0 Å². The van der Waals surface area contributed by atoms with Crippen LogP contribution in [0.4, 0.5) is 0 Å². The molecule has 7 saturated heterocycles. The molecule has 0 spiro atoms. The van der Waals surface area contributed by atoms with Gasteiger partial charge < -0.3 is 44.1 Å². The van der Waals surface area contributed by atoms with Crippen molar-refractivity contribution >= 4 is 35.4 Å². The maximum absolute atomic E-state index is 12.4. The topological polar surface area (TPSA) is 145 Å². The van der Waals surface area contributed by atoms with Gasteiger partial charge in [-0.05, 0) is 161 Å². The van der Waals surface area contributed by atoms with Crippen molar-refractivity contribution < 1.29 is 28.8 Å². The molecule has 1 unspecified atom stereocenters. The Balaban J connectivity index is 0.000000412. The minimum Gasteiger partial charge on any atom is -0.346 e. The molecule has 19 heteroatoms. The second kappa shape index (κ2) is 50.0. The van der Waals surface area contributed by atoms with E-state index in [1.807, 2.05) is 51.6 Å². The zero-order chi connectivity index (χ0) is 67.5. The molecule has 7 rings (SSSR count). The molecule has 0 aliphatic carbocycles. The van der Waals surface area contributed by atoms with Gasteiger partial charge in [0.15, 0.2) is 0 Å². The van der Waals surface area contributed by atoms with E-state index < -0.39 is 0 Å². The van der Waals surface area contributed by atoms with Gasteiger partial charge in [-0.15, -0.1) is 0 Å². The molecule has 6 amide bonds. The van der Waals surface area contributed by atoms with Gasteiger partial charge in [-0.25, -0.2) is 0 Å². The maximum Gasteiger partial charge on any atom is 0.222 e. The highest BCUT2D eigenvalue weighted by Crippen LogP contribution is 2.22. The lowest BCUT2D eigenvalue weighted by Gasteiger charge is -2.38. The third-order valence-electron chi connectivity index (χ3n) is 20.0. The van der Waals surface area contributed by atoms with Crippen molar-refractivity contribution in [3.63, 3.8) is 0 Å². The van der Waals surface area contributed by atoms with Gasteiger partial charge in [-0.1, -0.05) is 74.7 Å². The number of amides is 6. The molecule has 0 bridgehead atoms. The molecule has 19 nitrogen and oxygen atoms in total. The van der Waals surface area contributed by atoms with E-state index in [9.17, 15) is 28.8 Å². The fraction of sp³-hybridized carbons (Fsp3) is 0.917. The van der Waals surface area contributed by atoms with Crippen molar-refractivity contribution in [3.8, 4) is 0 Å². The number of carbonyl (C=O) groups excluding carboxylic acids is 6. The van der Waals surface area contributed by atoms with Crippen molar-refractivity contribution in [2.75, 3.05) is 218 Å². The summed E-state index contributed by atoms with van der Waals surface area (Å²) in [7, 11) is 10.3. The Kier molecular flexibility index (Phi) is 45.9. The summed E-state index contributed by atoms with van der Waals surface area (Å²) in [5.41, 5.74) is 0. The summed E-state index contributed by atoms with van der Waals surface area (Å²) in [6.45, 7) is 49.3. The van der Waals surface area contributed by atoms with Crippen molar-refractivity contribution in [3.05, 3.63) is 0 Å². The van der Waals surface area contributed by atoms with Crippen LogP contribution in [-0.2, 0) is 28.8 Å². The zero-order valence-corrected chi connectivity index (χ0v) is 61.8. The second-order valence-electron chi connectivity index (χ2n) is 27.5. The summed E-state index contributed by atoms with van der Waals surface area (Å²) >= 11 is 0. The maximum atomic E-state index is 12.4. The monoisotopic (exact) mass is 1290 g/mol. The summed E-state index contributed by atoms with van der Waals surface area (Å²) in [5.74, 6) is 4.83. The Labute approximate surface area is 558 Å². The van der Waals surface area contributed by atoms with Gasteiger partial charge in [-0.3, -0.25) is 48.4 Å². The average molecular weight is 1290 g/mol. The Morgan fingerprint density at radius 3 is 0.890 bits per heavy atom. The summed E-state index contributed by atoms with van der Waals surface area (Å²) in [4.78, 5) is 99.6. The Bertz CT molecular complexity index is 1900. The lowest BCUT2D eigenvalue weighted by atomic mass is 9.96. The van der Waals surface area contributed by atoms with Crippen LogP contribution < -0.4 is 0 Å². The van der Waals surface area contributed by atoms with E-state index in [0.29, 0.717) is 37.0 Å². The van der Waals surface area contributed by atoms with Crippen molar-refractivity contribution in [1.82, 2.24) is 63.7 Å². The second-order valence-corrected chi connectivity index (χ2v) is 27.5. The molecule has 7 aliphatic heterocycles. The third-order valence-corrected chi connectivity index (χ3v) is 20.0. The number of unbranched alkanes of at least 4 members (excludes halogenated alkanes) is 4. The number of hydrogen-bond donors (Lipinski definition) is 0. The summed E-state index contributed by atoms with van der Waals surface area (Å²) in [6.07, 6.45) is 19.8. The number of rotatable bonds is 25. The van der Waals surface area contributed by atoms with E-state index in [-0.39, 0.29) is 17.7 Å². The first-order valence-electron chi connectivity index (χ1n) is 37.3. The Morgan fingerprint density at radius 1 is 0.363 bits per heavy atom. The minimum absolute atomic E-state index is 0.0899. The highest BCUT2D eigenvalue weighted by molar-refractivity contribution is 5.77. The molecule has 0 saturated carbocycles. The molecular formula is C72H143N13O6. The first-order chi connectivity index (χ1) is 43.8. The van der Waals surface area contributed by atoms with Gasteiger partial charge in [-0.2, -0.15) is 0 Å². The molecule has 7 fully saturated rings. The van der Waals surface area contributed by atoms with Crippen molar-refractivity contribution in [1.29, 1.82) is 0 Å². The summed E-state index contributed by atoms with van der Waals surface area (Å²) < 4.78 is 0. The molecule has 7 heterocycles. The molecule has 1 atom stereocenters. The van der Waals surface area contributed by atoms with Gasteiger partial charge in [0, 0.05) is 198 Å². The summed E-state index contributed by atoms with van der Waals surface area (Å²) in [6, 6.07) is 0. The smallest absolute Gasteiger partial charge is 0.222 e. The number of carbonyl (C=O) groups is 6. The third kappa shape index (κ3) is 36.3. The fourth-order valence-electron chi connectivity index (χ4n) is 13.1. The molecule has 7 aliphatic rings. The van der Waals surface area contributed by atoms with E-state index in [4.69, 9.17) is 0 Å². The Hall–Kier alpha value is -3.46. The van der Waals surface area contributed by atoms with Crippen LogP contribution in [0.5, 0.6) is 0 Å². The van der Waals surface area contributed by atoms with E-state index in [1.54, 1.807) is 23.6 Å². The molecule has 0 aromatic heterocycles. The highest BCUT2D eigenvalue weighted by Gasteiger charge is 2.28. The van der Waals surface area contributed by atoms with Crippen LogP contribution in [0.3, 0.4) is 0 Å². The van der Waals surface area contributed by atoms with E-state index in [0.717, 1.165) is 199 Å². The van der Waals surface area contributed by atoms with Crippen LogP contribution in [-0.4, -0.2) is 318 Å². The quantitative estimate of drug-likeness (QED) is 0.0809. The fourth-order valence-corrected chi connectivity index (χ4v) is 13.1. The Morgan fingerprint density at radius 2 is 0.615 bits per heavy atom. The van der Waals surface area contributed by atoms with Gasteiger partial charge in [0.25, 0.3) is 0 Å².